The van der Waals surface area contributed by atoms with Gasteiger partial charge in [-0.15, -0.1) is 0 Å². The van der Waals surface area contributed by atoms with Gasteiger partial charge in [-0.1, -0.05) is 12.8 Å². The maximum atomic E-state index is 9.70. The molecule has 14 heavy (non-hydrogen) atoms. The van der Waals surface area contributed by atoms with Crippen LogP contribution in [0.25, 0.3) is 0 Å². The van der Waals surface area contributed by atoms with E-state index in [-0.39, 0.29) is 17.8 Å². The Morgan fingerprint density at radius 2 is 2.21 bits per heavy atom. The minimum Gasteiger partial charge on any atom is -0.393 e. The smallest absolute Gasteiger partial charge is 0.0967 e. The van der Waals surface area contributed by atoms with E-state index in [1.165, 1.54) is 12.8 Å². The highest BCUT2D eigenvalue weighted by molar-refractivity contribution is 4.96. The first-order chi connectivity index (χ1) is 6.77. The molecule has 82 valence electrons. The van der Waals surface area contributed by atoms with Gasteiger partial charge in [-0.25, -0.2) is 0 Å². The molecule has 2 fully saturated rings. The summed E-state index contributed by atoms with van der Waals surface area (Å²) in [7, 11) is 1.75. The van der Waals surface area contributed by atoms with Crippen molar-refractivity contribution in [2.45, 2.75) is 56.3 Å². The minimum absolute atomic E-state index is 0.176. The molecule has 0 amide bonds. The van der Waals surface area contributed by atoms with Gasteiger partial charge in [0.1, 0.15) is 0 Å². The third-order valence-corrected chi connectivity index (χ3v) is 3.61. The maximum absolute atomic E-state index is 9.70. The maximum Gasteiger partial charge on any atom is 0.0967 e. The summed E-state index contributed by atoms with van der Waals surface area (Å²) in [5.74, 6) is 0. The number of rotatable bonds is 1. The van der Waals surface area contributed by atoms with Crippen LogP contribution in [0.2, 0.25) is 0 Å². The Balaban J connectivity index is 2.09. The molecule has 0 aromatic rings. The van der Waals surface area contributed by atoms with Gasteiger partial charge in [-0.3, -0.25) is 0 Å². The zero-order valence-electron chi connectivity index (χ0n) is 8.87. The number of hydrogen-bond acceptors (Lipinski definition) is 3. The van der Waals surface area contributed by atoms with E-state index in [0.717, 1.165) is 25.7 Å². The SMILES string of the molecule is COC1CCCCC12CC(O)CCO2. The molecule has 0 radical (unpaired) electrons. The van der Waals surface area contributed by atoms with E-state index in [4.69, 9.17) is 9.47 Å². The van der Waals surface area contributed by atoms with Gasteiger partial charge in [0.25, 0.3) is 0 Å². The van der Waals surface area contributed by atoms with Gasteiger partial charge in [-0.05, 0) is 19.3 Å². The van der Waals surface area contributed by atoms with Crippen LogP contribution in [0.3, 0.4) is 0 Å². The second kappa shape index (κ2) is 4.17. The number of aliphatic hydroxyl groups excluding tert-OH is 1. The standard InChI is InChI=1S/C11H20O3/c1-13-10-4-2-3-6-11(10)8-9(12)5-7-14-11/h9-10,12H,2-8H2,1H3. The summed E-state index contributed by atoms with van der Waals surface area (Å²) in [4.78, 5) is 0. The molecule has 1 heterocycles. The van der Waals surface area contributed by atoms with Crippen LogP contribution < -0.4 is 0 Å². The van der Waals surface area contributed by atoms with Gasteiger partial charge < -0.3 is 14.6 Å². The van der Waals surface area contributed by atoms with Gasteiger partial charge >= 0.3 is 0 Å². The summed E-state index contributed by atoms with van der Waals surface area (Å²) in [5, 5.41) is 9.70. The highest BCUT2D eigenvalue weighted by Gasteiger charge is 2.45. The molecule has 1 saturated carbocycles. The predicted molar refractivity (Wildman–Crippen MR) is 53.2 cm³/mol. The summed E-state index contributed by atoms with van der Waals surface area (Å²) in [6, 6.07) is 0. The molecular weight excluding hydrogens is 180 g/mol. The van der Waals surface area contributed by atoms with Crippen LogP contribution in [0.1, 0.15) is 38.5 Å². The Morgan fingerprint density at radius 3 is 2.93 bits per heavy atom. The fourth-order valence-corrected chi connectivity index (χ4v) is 2.87. The number of aliphatic hydroxyl groups is 1. The van der Waals surface area contributed by atoms with Crippen molar-refractivity contribution in [3.8, 4) is 0 Å². The van der Waals surface area contributed by atoms with Gasteiger partial charge in [0.05, 0.1) is 17.8 Å². The van der Waals surface area contributed by atoms with E-state index < -0.39 is 0 Å². The first kappa shape index (κ1) is 10.4. The molecule has 3 heteroatoms. The van der Waals surface area contributed by atoms with E-state index in [9.17, 15) is 5.11 Å². The molecule has 1 saturated heterocycles. The summed E-state index contributed by atoms with van der Waals surface area (Å²) < 4.78 is 11.4. The summed E-state index contributed by atoms with van der Waals surface area (Å²) >= 11 is 0. The molecule has 0 bridgehead atoms. The molecule has 3 atom stereocenters. The predicted octanol–water partition coefficient (Wildman–Crippen LogP) is 1.49. The van der Waals surface area contributed by atoms with E-state index in [1.54, 1.807) is 7.11 Å². The van der Waals surface area contributed by atoms with Crippen molar-refractivity contribution in [2.75, 3.05) is 13.7 Å². The van der Waals surface area contributed by atoms with E-state index in [0.29, 0.717) is 6.61 Å². The lowest BCUT2D eigenvalue weighted by Crippen LogP contribution is -2.53. The lowest BCUT2D eigenvalue weighted by molar-refractivity contribution is -0.195. The number of hydrogen-bond donors (Lipinski definition) is 1. The Hall–Kier alpha value is -0.120. The molecule has 0 aromatic carbocycles. The van der Waals surface area contributed by atoms with Crippen molar-refractivity contribution in [2.24, 2.45) is 0 Å². The van der Waals surface area contributed by atoms with Crippen LogP contribution in [0, 0.1) is 0 Å². The summed E-state index contributed by atoms with van der Waals surface area (Å²) in [6.45, 7) is 0.682. The molecule has 2 aliphatic rings. The van der Waals surface area contributed by atoms with E-state index >= 15 is 0 Å². The van der Waals surface area contributed by atoms with Crippen molar-refractivity contribution >= 4 is 0 Å². The van der Waals surface area contributed by atoms with E-state index in [2.05, 4.69) is 0 Å². The fourth-order valence-electron chi connectivity index (χ4n) is 2.87. The van der Waals surface area contributed by atoms with Crippen LogP contribution in [0.4, 0.5) is 0 Å². The normalized spacial score (nSPS) is 44.1. The molecule has 1 aliphatic carbocycles. The summed E-state index contributed by atoms with van der Waals surface area (Å²) in [6.07, 6.45) is 6.06. The van der Waals surface area contributed by atoms with Crippen LogP contribution in [0.15, 0.2) is 0 Å². The van der Waals surface area contributed by atoms with Gasteiger partial charge in [0.15, 0.2) is 0 Å². The van der Waals surface area contributed by atoms with Crippen molar-refractivity contribution in [1.29, 1.82) is 0 Å². The molecule has 1 spiro atoms. The van der Waals surface area contributed by atoms with Crippen LogP contribution in [0.5, 0.6) is 0 Å². The van der Waals surface area contributed by atoms with Crippen LogP contribution in [-0.4, -0.2) is 36.6 Å². The lowest BCUT2D eigenvalue weighted by atomic mass is 9.76. The van der Waals surface area contributed by atoms with Crippen molar-refractivity contribution < 1.29 is 14.6 Å². The zero-order chi connectivity index (χ0) is 10.0. The first-order valence-corrected chi connectivity index (χ1v) is 5.62. The quantitative estimate of drug-likeness (QED) is 0.697. The van der Waals surface area contributed by atoms with Gasteiger partial charge in [-0.2, -0.15) is 0 Å². The second-order valence-corrected chi connectivity index (χ2v) is 4.53. The zero-order valence-corrected chi connectivity index (χ0v) is 8.87. The van der Waals surface area contributed by atoms with Crippen LogP contribution >= 0.6 is 0 Å². The average Bonchev–Trinajstić information content (AvgIpc) is 2.18. The Labute approximate surface area is 85.4 Å². The third kappa shape index (κ3) is 1.81. The number of methoxy groups -OCH3 is 1. The highest BCUT2D eigenvalue weighted by Crippen LogP contribution is 2.40. The third-order valence-electron chi connectivity index (χ3n) is 3.61. The molecular formula is C11H20O3. The summed E-state index contributed by atoms with van der Waals surface area (Å²) in [5.41, 5.74) is -0.176. The minimum atomic E-state index is -0.195. The van der Waals surface area contributed by atoms with Crippen molar-refractivity contribution in [3.63, 3.8) is 0 Å². The average molecular weight is 200 g/mol. The molecule has 1 aliphatic heterocycles. The van der Waals surface area contributed by atoms with Crippen molar-refractivity contribution in [3.05, 3.63) is 0 Å². The molecule has 3 unspecified atom stereocenters. The van der Waals surface area contributed by atoms with Crippen molar-refractivity contribution in [1.82, 2.24) is 0 Å². The molecule has 0 aromatic heterocycles. The molecule has 1 N–H and O–H groups in total. The molecule has 3 nitrogen and oxygen atoms in total. The fraction of sp³-hybridized carbons (Fsp3) is 1.00. The van der Waals surface area contributed by atoms with E-state index in [1.807, 2.05) is 0 Å². The van der Waals surface area contributed by atoms with Crippen LogP contribution in [-0.2, 0) is 9.47 Å². The first-order valence-electron chi connectivity index (χ1n) is 5.62. The van der Waals surface area contributed by atoms with Gasteiger partial charge in [0.2, 0.25) is 0 Å². The number of ether oxygens (including phenoxy) is 2. The van der Waals surface area contributed by atoms with Gasteiger partial charge in [0, 0.05) is 20.1 Å². The Morgan fingerprint density at radius 1 is 1.36 bits per heavy atom. The monoisotopic (exact) mass is 200 g/mol. The topological polar surface area (TPSA) is 38.7 Å². The molecule has 2 rings (SSSR count). The second-order valence-electron chi connectivity index (χ2n) is 4.53. The highest BCUT2D eigenvalue weighted by atomic mass is 16.5. The largest absolute Gasteiger partial charge is 0.393 e. The Bertz CT molecular complexity index is 191. The Kier molecular flexibility index (Phi) is 3.10. The lowest BCUT2D eigenvalue weighted by Gasteiger charge is -2.46.